The van der Waals surface area contributed by atoms with Gasteiger partial charge in [-0.1, -0.05) is 48.2 Å². The lowest BCUT2D eigenvalue weighted by molar-refractivity contribution is -0.128. The second-order valence-electron chi connectivity index (χ2n) is 5.29. The van der Waals surface area contributed by atoms with Crippen LogP contribution >= 0.6 is 11.8 Å². The normalized spacial score (nSPS) is 10.9. The minimum absolute atomic E-state index is 0.0892. The molecule has 0 N–H and O–H groups in total. The summed E-state index contributed by atoms with van der Waals surface area (Å²) in [6.07, 6.45) is 0.448. The van der Waals surface area contributed by atoms with E-state index in [9.17, 15) is 4.79 Å². The van der Waals surface area contributed by atoms with Gasteiger partial charge in [0.1, 0.15) is 0 Å². The molecular weight excluding hydrogens is 310 g/mol. The standard InChI is InChI=1S/C17H17N3O2S/c1-20(2)15(21)10-11-23-17-19-18-16(22-17)14-9-5-7-12-6-3-4-8-13(12)14/h3-9H,10-11H2,1-2H3. The van der Waals surface area contributed by atoms with Crippen LogP contribution in [0.15, 0.2) is 52.1 Å². The van der Waals surface area contributed by atoms with E-state index in [0.29, 0.717) is 23.3 Å². The van der Waals surface area contributed by atoms with Crippen molar-refractivity contribution >= 4 is 28.4 Å². The minimum atomic E-state index is 0.0892. The van der Waals surface area contributed by atoms with Gasteiger partial charge < -0.3 is 9.32 Å². The molecule has 6 heteroatoms. The van der Waals surface area contributed by atoms with Gasteiger partial charge in [-0.2, -0.15) is 0 Å². The van der Waals surface area contributed by atoms with E-state index in [1.807, 2.05) is 30.3 Å². The lowest BCUT2D eigenvalue weighted by Crippen LogP contribution is -2.21. The molecule has 0 spiro atoms. The Balaban J connectivity index is 1.75. The number of carbonyl (C=O) groups excluding carboxylic acids is 1. The zero-order valence-electron chi connectivity index (χ0n) is 13.0. The second-order valence-corrected chi connectivity index (χ2v) is 6.33. The molecule has 0 fully saturated rings. The fourth-order valence-corrected chi connectivity index (χ4v) is 2.93. The van der Waals surface area contributed by atoms with Gasteiger partial charge in [-0.3, -0.25) is 4.79 Å². The smallest absolute Gasteiger partial charge is 0.276 e. The van der Waals surface area contributed by atoms with Crippen LogP contribution in [0.1, 0.15) is 6.42 Å². The topological polar surface area (TPSA) is 59.2 Å². The van der Waals surface area contributed by atoms with Crippen LogP contribution in [0, 0.1) is 0 Å². The summed E-state index contributed by atoms with van der Waals surface area (Å²) >= 11 is 1.40. The van der Waals surface area contributed by atoms with Crippen molar-refractivity contribution < 1.29 is 9.21 Å². The monoisotopic (exact) mass is 327 g/mol. The van der Waals surface area contributed by atoms with Crippen molar-refractivity contribution in [3.8, 4) is 11.5 Å². The minimum Gasteiger partial charge on any atom is -0.411 e. The Morgan fingerprint density at radius 1 is 1.13 bits per heavy atom. The highest BCUT2D eigenvalue weighted by Crippen LogP contribution is 2.29. The van der Waals surface area contributed by atoms with E-state index in [0.717, 1.165) is 16.3 Å². The molecule has 0 bridgehead atoms. The summed E-state index contributed by atoms with van der Waals surface area (Å²) in [5.41, 5.74) is 0.923. The lowest BCUT2D eigenvalue weighted by atomic mass is 10.0. The largest absolute Gasteiger partial charge is 0.411 e. The Labute approximate surface area is 138 Å². The number of hydrogen-bond acceptors (Lipinski definition) is 5. The predicted octanol–water partition coefficient (Wildman–Crippen LogP) is 3.46. The quantitative estimate of drug-likeness (QED) is 0.672. The van der Waals surface area contributed by atoms with Gasteiger partial charge in [-0.05, 0) is 16.8 Å². The summed E-state index contributed by atoms with van der Waals surface area (Å²) in [7, 11) is 3.50. The van der Waals surface area contributed by atoms with Gasteiger partial charge in [0.15, 0.2) is 0 Å². The van der Waals surface area contributed by atoms with Crippen LogP contribution in [0.5, 0.6) is 0 Å². The molecule has 1 heterocycles. The molecule has 0 aliphatic carbocycles. The van der Waals surface area contributed by atoms with E-state index >= 15 is 0 Å². The first-order valence-electron chi connectivity index (χ1n) is 7.30. The zero-order chi connectivity index (χ0) is 16.2. The highest BCUT2D eigenvalue weighted by atomic mass is 32.2. The number of thioether (sulfide) groups is 1. The molecule has 3 rings (SSSR count). The Kier molecular flexibility index (Phi) is 4.62. The van der Waals surface area contributed by atoms with Crippen molar-refractivity contribution in [2.75, 3.05) is 19.8 Å². The maximum absolute atomic E-state index is 11.6. The lowest BCUT2D eigenvalue weighted by Gasteiger charge is -2.08. The van der Waals surface area contributed by atoms with Gasteiger partial charge in [0.25, 0.3) is 5.22 Å². The fourth-order valence-electron chi connectivity index (χ4n) is 2.24. The summed E-state index contributed by atoms with van der Waals surface area (Å²) < 4.78 is 5.74. The third-order valence-corrected chi connectivity index (χ3v) is 4.29. The van der Waals surface area contributed by atoms with Crippen molar-refractivity contribution in [3.05, 3.63) is 42.5 Å². The summed E-state index contributed by atoms with van der Waals surface area (Å²) in [5, 5.41) is 10.9. The van der Waals surface area contributed by atoms with E-state index in [4.69, 9.17) is 4.42 Å². The molecule has 0 atom stereocenters. The molecule has 1 amide bonds. The number of aromatic nitrogens is 2. The molecule has 0 aliphatic heterocycles. The van der Waals surface area contributed by atoms with Gasteiger partial charge in [-0.25, -0.2) is 0 Å². The van der Waals surface area contributed by atoms with E-state index < -0.39 is 0 Å². The molecule has 2 aromatic carbocycles. The van der Waals surface area contributed by atoms with E-state index in [2.05, 4.69) is 22.3 Å². The molecule has 0 saturated heterocycles. The number of hydrogen-bond donors (Lipinski definition) is 0. The van der Waals surface area contributed by atoms with Crippen LogP contribution in [-0.2, 0) is 4.79 Å². The molecule has 0 radical (unpaired) electrons. The average Bonchev–Trinajstić information content (AvgIpc) is 3.02. The number of fused-ring (bicyclic) bond motifs is 1. The molecule has 3 aromatic rings. The van der Waals surface area contributed by atoms with E-state index in [1.54, 1.807) is 19.0 Å². The summed E-state index contributed by atoms with van der Waals surface area (Å²) in [4.78, 5) is 13.1. The van der Waals surface area contributed by atoms with Gasteiger partial charge in [0.05, 0.1) is 0 Å². The summed E-state index contributed by atoms with van der Waals surface area (Å²) in [6, 6.07) is 14.1. The van der Waals surface area contributed by atoms with Crippen molar-refractivity contribution in [2.45, 2.75) is 11.6 Å². The maximum atomic E-state index is 11.6. The third-order valence-electron chi connectivity index (χ3n) is 3.47. The third kappa shape index (κ3) is 3.53. The first-order chi connectivity index (χ1) is 11.1. The van der Waals surface area contributed by atoms with Crippen LogP contribution in [0.25, 0.3) is 22.2 Å². The molecule has 0 aliphatic rings. The summed E-state index contributed by atoms with van der Waals surface area (Å²) in [6.45, 7) is 0. The molecule has 0 saturated carbocycles. The molecule has 0 unspecified atom stereocenters. The first-order valence-corrected chi connectivity index (χ1v) is 8.28. The summed E-state index contributed by atoms with van der Waals surface area (Å²) in [5.74, 6) is 1.21. The van der Waals surface area contributed by atoms with Crippen LogP contribution in [0.2, 0.25) is 0 Å². The highest BCUT2D eigenvalue weighted by molar-refractivity contribution is 7.99. The zero-order valence-corrected chi connectivity index (χ0v) is 13.8. The highest BCUT2D eigenvalue weighted by Gasteiger charge is 2.12. The average molecular weight is 327 g/mol. The molecule has 118 valence electrons. The molecular formula is C17H17N3O2S. The Bertz CT molecular complexity index is 824. The fraction of sp³-hybridized carbons (Fsp3) is 0.235. The number of nitrogens with zero attached hydrogens (tertiary/aromatic N) is 3. The van der Waals surface area contributed by atoms with E-state index in [1.165, 1.54) is 11.8 Å². The van der Waals surface area contributed by atoms with E-state index in [-0.39, 0.29) is 5.91 Å². The number of rotatable bonds is 5. The van der Waals surface area contributed by atoms with Crippen molar-refractivity contribution in [1.29, 1.82) is 0 Å². The number of benzene rings is 2. The Morgan fingerprint density at radius 2 is 1.91 bits per heavy atom. The number of amides is 1. The van der Waals surface area contributed by atoms with Crippen LogP contribution in [0.4, 0.5) is 0 Å². The van der Waals surface area contributed by atoms with Crippen molar-refractivity contribution in [1.82, 2.24) is 15.1 Å². The molecule has 5 nitrogen and oxygen atoms in total. The van der Waals surface area contributed by atoms with Gasteiger partial charge in [0.2, 0.25) is 11.8 Å². The van der Waals surface area contributed by atoms with Gasteiger partial charge >= 0.3 is 0 Å². The number of carbonyl (C=O) groups is 1. The second kappa shape index (κ2) is 6.83. The van der Waals surface area contributed by atoms with Crippen LogP contribution in [0.3, 0.4) is 0 Å². The van der Waals surface area contributed by atoms with Crippen molar-refractivity contribution in [3.63, 3.8) is 0 Å². The van der Waals surface area contributed by atoms with Crippen molar-refractivity contribution in [2.24, 2.45) is 0 Å². The SMILES string of the molecule is CN(C)C(=O)CCSc1nnc(-c2cccc3ccccc23)o1. The predicted molar refractivity (Wildman–Crippen MR) is 91.3 cm³/mol. The molecule has 1 aromatic heterocycles. The Hall–Kier alpha value is -2.34. The van der Waals surface area contributed by atoms with Crippen LogP contribution in [-0.4, -0.2) is 40.9 Å². The first kappa shape index (κ1) is 15.6. The Morgan fingerprint density at radius 3 is 2.74 bits per heavy atom. The molecule has 23 heavy (non-hydrogen) atoms. The maximum Gasteiger partial charge on any atom is 0.276 e. The van der Waals surface area contributed by atoms with Gasteiger partial charge in [0, 0.05) is 31.8 Å². The van der Waals surface area contributed by atoms with Gasteiger partial charge in [-0.15, -0.1) is 10.2 Å². The van der Waals surface area contributed by atoms with Crippen LogP contribution < -0.4 is 0 Å².